The van der Waals surface area contributed by atoms with Gasteiger partial charge in [0, 0.05) is 37.1 Å². The molecule has 4 N–H and O–H groups in total. The van der Waals surface area contributed by atoms with Gasteiger partial charge in [0.15, 0.2) is 0 Å². The Morgan fingerprint density at radius 3 is 2.70 bits per heavy atom. The van der Waals surface area contributed by atoms with Gasteiger partial charge in [0.25, 0.3) is 0 Å². The van der Waals surface area contributed by atoms with E-state index in [0.29, 0.717) is 29.6 Å². The molecule has 0 fully saturated rings. The van der Waals surface area contributed by atoms with E-state index in [4.69, 9.17) is 11.6 Å². The Morgan fingerprint density at radius 1 is 1.17 bits per heavy atom. The number of urea groups is 1. The fraction of sp³-hybridized carbons (Fsp3) is 0.267. The molecular weight excluding hydrogens is 318 g/mol. The third-order valence-corrected chi connectivity index (χ3v) is 3.18. The predicted molar refractivity (Wildman–Crippen MR) is 88.3 cm³/mol. The molecule has 0 aliphatic rings. The van der Waals surface area contributed by atoms with Gasteiger partial charge in [-0.05, 0) is 23.8 Å². The quantitative estimate of drug-likeness (QED) is 0.576. The second-order valence-electron chi connectivity index (χ2n) is 4.71. The van der Waals surface area contributed by atoms with Crippen LogP contribution in [0.3, 0.4) is 0 Å². The van der Waals surface area contributed by atoms with Gasteiger partial charge >= 0.3 is 6.03 Å². The summed E-state index contributed by atoms with van der Waals surface area (Å²) >= 11 is 5.86. The fourth-order valence-corrected chi connectivity index (χ4v) is 2.02. The van der Waals surface area contributed by atoms with Crippen molar-refractivity contribution in [1.29, 1.82) is 0 Å². The van der Waals surface area contributed by atoms with Crippen molar-refractivity contribution in [3.8, 4) is 0 Å². The van der Waals surface area contributed by atoms with E-state index in [9.17, 15) is 9.90 Å². The monoisotopic (exact) mass is 335 g/mol. The number of nitrogens with one attached hydrogen (secondary N) is 3. The standard InChI is InChI=1S/C15H18ClN5O2/c16-12-4-1-3-11(9-12)13(22)10-21-15(23)20-8-7-19-14-17-5-2-6-18-14/h1-6,9,13,22H,7-8,10H2,(H,17,18,19)(H2,20,21,23)/t13-/m0/s1. The minimum Gasteiger partial charge on any atom is -0.387 e. The normalized spacial score (nSPS) is 11.6. The second kappa shape index (κ2) is 8.92. The number of halogens is 1. The van der Waals surface area contributed by atoms with Gasteiger partial charge in [-0.3, -0.25) is 0 Å². The zero-order valence-corrected chi connectivity index (χ0v) is 13.1. The lowest BCUT2D eigenvalue weighted by Gasteiger charge is -2.13. The van der Waals surface area contributed by atoms with E-state index in [1.165, 1.54) is 0 Å². The van der Waals surface area contributed by atoms with Crippen LogP contribution in [-0.4, -0.2) is 40.7 Å². The topological polar surface area (TPSA) is 99.2 Å². The van der Waals surface area contributed by atoms with Crippen LogP contribution in [0.15, 0.2) is 42.7 Å². The van der Waals surface area contributed by atoms with Crippen LogP contribution < -0.4 is 16.0 Å². The number of nitrogens with zero attached hydrogens (tertiary/aromatic N) is 2. The summed E-state index contributed by atoms with van der Waals surface area (Å²) in [7, 11) is 0. The molecule has 0 unspecified atom stereocenters. The number of amides is 2. The lowest BCUT2D eigenvalue weighted by atomic mass is 10.1. The van der Waals surface area contributed by atoms with Crippen LogP contribution in [0.2, 0.25) is 5.02 Å². The Kier molecular flexibility index (Phi) is 6.58. The third kappa shape index (κ3) is 6.09. The summed E-state index contributed by atoms with van der Waals surface area (Å²) in [4.78, 5) is 19.6. The first-order chi connectivity index (χ1) is 11.1. The molecule has 1 heterocycles. The van der Waals surface area contributed by atoms with Gasteiger partial charge in [-0.15, -0.1) is 0 Å². The molecule has 2 aromatic rings. The molecule has 7 nitrogen and oxygen atoms in total. The number of carbonyl (C=O) groups is 1. The molecule has 0 bridgehead atoms. The number of hydrogen-bond donors (Lipinski definition) is 4. The molecule has 23 heavy (non-hydrogen) atoms. The third-order valence-electron chi connectivity index (χ3n) is 2.95. The molecular formula is C15H18ClN5O2. The highest BCUT2D eigenvalue weighted by Gasteiger charge is 2.09. The van der Waals surface area contributed by atoms with Crippen molar-refractivity contribution in [2.24, 2.45) is 0 Å². The molecule has 0 radical (unpaired) electrons. The number of carbonyl (C=O) groups excluding carboxylic acids is 1. The van der Waals surface area contributed by atoms with E-state index in [1.54, 1.807) is 42.7 Å². The highest BCUT2D eigenvalue weighted by molar-refractivity contribution is 6.30. The Hall–Kier alpha value is -2.38. The average Bonchev–Trinajstić information content (AvgIpc) is 2.57. The molecule has 0 aliphatic carbocycles. The molecule has 1 atom stereocenters. The summed E-state index contributed by atoms with van der Waals surface area (Å²) in [6, 6.07) is 8.25. The first-order valence-electron chi connectivity index (χ1n) is 7.11. The van der Waals surface area contributed by atoms with Gasteiger partial charge in [-0.25, -0.2) is 14.8 Å². The van der Waals surface area contributed by atoms with Gasteiger partial charge in [-0.1, -0.05) is 23.7 Å². The lowest BCUT2D eigenvalue weighted by Crippen LogP contribution is -2.39. The number of benzene rings is 1. The molecule has 122 valence electrons. The zero-order chi connectivity index (χ0) is 16.5. The number of hydrogen-bond acceptors (Lipinski definition) is 5. The highest BCUT2D eigenvalue weighted by atomic mass is 35.5. The molecule has 1 aromatic carbocycles. The van der Waals surface area contributed by atoms with Crippen molar-refractivity contribution in [2.75, 3.05) is 25.0 Å². The highest BCUT2D eigenvalue weighted by Crippen LogP contribution is 2.16. The Morgan fingerprint density at radius 2 is 1.96 bits per heavy atom. The van der Waals surface area contributed by atoms with Crippen molar-refractivity contribution < 1.29 is 9.90 Å². The summed E-state index contributed by atoms with van der Waals surface area (Å²) in [5, 5.41) is 18.8. The maximum absolute atomic E-state index is 11.6. The van der Waals surface area contributed by atoms with Crippen LogP contribution in [0.4, 0.5) is 10.7 Å². The minimum absolute atomic E-state index is 0.0986. The van der Waals surface area contributed by atoms with Gasteiger partial charge in [0.1, 0.15) is 0 Å². The molecule has 0 saturated carbocycles. The van der Waals surface area contributed by atoms with Crippen LogP contribution >= 0.6 is 11.6 Å². The SMILES string of the molecule is O=C(NCCNc1ncccn1)NC[C@H](O)c1cccc(Cl)c1. The van der Waals surface area contributed by atoms with Gasteiger partial charge in [0.05, 0.1) is 6.10 Å². The Labute approximate surface area is 139 Å². The lowest BCUT2D eigenvalue weighted by molar-refractivity contribution is 0.173. The number of aliphatic hydroxyl groups is 1. The largest absolute Gasteiger partial charge is 0.387 e. The molecule has 0 saturated heterocycles. The maximum Gasteiger partial charge on any atom is 0.314 e. The predicted octanol–water partition coefficient (Wildman–Crippen LogP) is 1.57. The Balaban J connectivity index is 1.63. The van der Waals surface area contributed by atoms with E-state index in [0.717, 1.165) is 0 Å². The smallest absolute Gasteiger partial charge is 0.314 e. The summed E-state index contributed by atoms with van der Waals surface area (Å²) in [5.41, 5.74) is 0.653. The van der Waals surface area contributed by atoms with Crippen LogP contribution in [-0.2, 0) is 0 Å². The van der Waals surface area contributed by atoms with Crippen LogP contribution in [0, 0.1) is 0 Å². The average molecular weight is 336 g/mol. The van der Waals surface area contributed by atoms with E-state index in [2.05, 4.69) is 25.9 Å². The number of anilines is 1. The molecule has 2 amide bonds. The van der Waals surface area contributed by atoms with Gasteiger partial charge in [-0.2, -0.15) is 0 Å². The van der Waals surface area contributed by atoms with Crippen LogP contribution in [0.1, 0.15) is 11.7 Å². The first kappa shape index (κ1) is 17.0. The summed E-state index contributed by atoms with van der Waals surface area (Å²) in [5.74, 6) is 0.506. The second-order valence-corrected chi connectivity index (χ2v) is 5.14. The van der Waals surface area contributed by atoms with Crippen molar-refractivity contribution in [2.45, 2.75) is 6.10 Å². The number of rotatable bonds is 7. The zero-order valence-electron chi connectivity index (χ0n) is 12.4. The molecule has 0 spiro atoms. The summed E-state index contributed by atoms with van der Waals surface area (Å²) in [6.07, 6.45) is 2.45. The van der Waals surface area contributed by atoms with Gasteiger partial charge < -0.3 is 21.1 Å². The fourth-order valence-electron chi connectivity index (χ4n) is 1.82. The molecule has 0 aliphatic heterocycles. The number of aromatic nitrogens is 2. The van der Waals surface area contributed by atoms with Crippen LogP contribution in [0.25, 0.3) is 0 Å². The maximum atomic E-state index is 11.6. The van der Waals surface area contributed by atoms with E-state index < -0.39 is 6.10 Å². The minimum atomic E-state index is -0.810. The van der Waals surface area contributed by atoms with E-state index in [1.807, 2.05) is 0 Å². The molecule has 1 aromatic heterocycles. The first-order valence-corrected chi connectivity index (χ1v) is 7.49. The van der Waals surface area contributed by atoms with E-state index >= 15 is 0 Å². The van der Waals surface area contributed by atoms with Crippen molar-refractivity contribution >= 4 is 23.6 Å². The van der Waals surface area contributed by atoms with Crippen LogP contribution in [0.5, 0.6) is 0 Å². The Bertz CT molecular complexity index is 626. The summed E-state index contributed by atoms with van der Waals surface area (Å²) in [6.45, 7) is 0.993. The molecule has 8 heteroatoms. The summed E-state index contributed by atoms with van der Waals surface area (Å²) < 4.78 is 0. The molecule has 2 rings (SSSR count). The van der Waals surface area contributed by atoms with E-state index in [-0.39, 0.29) is 12.6 Å². The van der Waals surface area contributed by atoms with Gasteiger partial charge in [0.2, 0.25) is 5.95 Å². The van der Waals surface area contributed by atoms with Crippen molar-refractivity contribution in [1.82, 2.24) is 20.6 Å². The van der Waals surface area contributed by atoms with Crippen molar-refractivity contribution in [3.05, 3.63) is 53.3 Å². The number of aliphatic hydroxyl groups excluding tert-OH is 1. The van der Waals surface area contributed by atoms with Crippen molar-refractivity contribution in [3.63, 3.8) is 0 Å².